The van der Waals surface area contributed by atoms with Crippen LogP contribution in [0.2, 0.25) is 0 Å². The van der Waals surface area contributed by atoms with E-state index >= 15 is 0 Å². The molecule has 0 atom stereocenters. The molecule has 2 aromatic carbocycles. The van der Waals surface area contributed by atoms with Crippen molar-refractivity contribution in [3.8, 4) is 23.3 Å². The first-order valence-corrected chi connectivity index (χ1v) is 12.9. The molecule has 2 aromatic heterocycles. The molecule has 2 amide bonds. The summed E-state index contributed by atoms with van der Waals surface area (Å²) in [7, 11) is 2.06. The van der Waals surface area contributed by atoms with Crippen LogP contribution in [0, 0.1) is 25.7 Å². The molecule has 1 aliphatic rings. The number of nitrogens with one attached hydrogen (secondary N) is 2. The summed E-state index contributed by atoms with van der Waals surface area (Å²) in [5.74, 6) is 8.33. The van der Waals surface area contributed by atoms with Gasteiger partial charge in [0.05, 0.1) is 18.3 Å². The standard InChI is InChI=1S/C30H31N7O2/c1-21-17-24(8-11-28(21)39-25-9-6-22(2)32-19-25)35-29-26-18-23(7-10-27(26)33-20-34-29)5-4-12-31-30(38)37-15-13-36(3)14-16-37/h6-11,17-20H,12-16H2,1-3H3,(H,31,38)(H,33,34,35). The Morgan fingerprint density at radius 2 is 1.85 bits per heavy atom. The van der Waals surface area contributed by atoms with Crippen molar-refractivity contribution >= 4 is 28.4 Å². The summed E-state index contributed by atoms with van der Waals surface area (Å²) >= 11 is 0. The lowest BCUT2D eigenvalue weighted by Crippen LogP contribution is -2.50. The Kier molecular flexibility index (Phi) is 7.85. The van der Waals surface area contributed by atoms with Crippen LogP contribution in [0.15, 0.2) is 61.1 Å². The fourth-order valence-corrected chi connectivity index (χ4v) is 4.24. The van der Waals surface area contributed by atoms with Gasteiger partial charge in [0.1, 0.15) is 23.6 Å². The molecule has 9 heteroatoms. The number of benzene rings is 2. The van der Waals surface area contributed by atoms with Gasteiger partial charge in [-0.05, 0) is 75.0 Å². The van der Waals surface area contributed by atoms with Crippen LogP contribution in [0.3, 0.4) is 0 Å². The summed E-state index contributed by atoms with van der Waals surface area (Å²) in [6, 6.07) is 15.4. The SMILES string of the molecule is Cc1ccc(Oc2ccc(Nc3ncnc4ccc(C#CCNC(=O)N5CCN(C)CC5)cc34)cc2C)cn1. The molecule has 4 aromatic rings. The van der Waals surface area contributed by atoms with Gasteiger partial charge in [-0.25, -0.2) is 14.8 Å². The number of ether oxygens (including phenoxy) is 1. The Morgan fingerprint density at radius 1 is 1.00 bits per heavy atom. The fourth-order valence-electron chi connectivity index (χ4n) is 4.24. The summed E-state index contributed by atoms with van der Waals surface area (Å²) < 4.78 is 5.99. The highest BCUT2D eigenvalue weighted by atomic mass is 16.5. The van der Waals surface area contributed by atoms with Gasteiger partial charge in [0.15, 0.2) is 0 Å². The van der Waals surface area contributed by atoms with Crippen LogP contribution in [0.1, 0.15) is 16.8 Å². The maximum atomic E-state index is 12.4. The second-order valence-electron chi connectivity index (χ2n) is 9.55. The summed E-state index contributed by atoms with van der Waals surface area (Å²) in [5, 5.41) is 7.15. The molecule has 1 aliphatic heterocycles. The van der Waals surface area contributed by atoms with E-state index in [2.05, 4.69) is 49.4 Å². The van der Waals surface area contributed by atoms with Gasteiger partial charge in [-0.2, -0.15) is 0 Å². The Balaban J connectivity index is 1.26. The Hall–Kier alpha value is -4.68. The van der Waals surface area contributed by atoms with Crippen LogP contribution >= 0.6 is 0 Å². The summed E-state index contributed by atoms with van der Waals surface area (Å²) in [5.41, 5.74) is 4.43. The van der Waals surface area contributed by atoms with Gasteiger partial charge in [-0.3, -0.25) is 4.98 Å². The Morgan fingerprint density at radius 3 is 2.62 bits per heavy atom. The molecule has 39 heavy (non-hydrogen) atoms. The monoisotopic (exact) mass is 521 g/mol. The number of fused-ring (bicyclic) bond motifs is 1. The van der Waals surface area contributed by atoms with Gasteiger partial charge < -0.3 is 25.2 Å². The normalized spacial score (nSPS) is 13.5. The van der Waals surface area contributed by atoms with E-state index in [1.165, 1.54) is 0 Å². The summed E-state index contributed by atoms with van der Waals surface area (Å²) in [4.78, 5) is 29.5. The van der Waals surface area contributed by atoms with Gasteiger partial charge in [0.2, 0.25) is 0 Å². The Bertz CT molecular complexity index is 1530. The summed E-state index contributed by atoms with van der Waals surface area (Å²) in [6.45, 7) is 7.46. The number of carbonyl (C=O) groups excluding carboxylic acids is 1. The largest absolute Gasteiger partial charge is 0.455 e. The number of aromatic nitrogens is 3. The van der Waals surface area contributed by atoms with E-state index in [1.807, 2.05) is 67.3 Å². The zero-order valence-electron chi connectivity index (χ0n) is 22.4. The highest BCUT2D eigenvalue weighted by Gasteiger charge is 2.18. The third-order valence-corrected chi connectivity index (χ3v) is 6.54. The van der Waals surface area contributed by atoms with Crippen molar-refractivity contribution in [3.63, 3.8) is 0 Å². The molecule has 5 rings (SSSR count). The van der Waals surface area contributed by atoms with E-state index in [-0.39, 0.29) is 12.6 Å². The lowest BCUT2D eigenvalue weighted by atomic mass is 10.1. The molecule has 3 heterocycles. The number of hydrogen-bond donors (Lipinski definition) is 2. The molecule has 0 spiro atoms. The van der Waals surface area contributed by atoms with E-state index in [0.29, 0.717) is 11.6 Å². The molecule has 2 N–H and O–H groups in total. The van der Waals surface area contributed by atoms with Crippen molar-refractivity contribution < 1.29 is 9.53 Å². The number of likely N-dealkylation sites (N-methyl/N-ethyl adjacent to an activating group) is 1. The predicted molar refractivity (Wildman–Crippen MR) is 152 cm³/mol. The lowest BCUT2D eigenvalue weighted by molar-refractivity contribution is 0.155. The molecule has 0 radical (unpaired) electrons. The number of aryl methyl sites for hydroxylation is 2. The molecule has 0 unspecified atom stereocenters. The molecular formula is C30H31N7O2. The van der Waals surface area contributed by atoms with Crippen molar-refractivity contribution in [3.05, 3.63) is 77.9 Å². The number of urea groups is 1. The Labute approximate surface area is 228 Å². The summed E-state index contributed by atoms with van der Waals surface area (Å²) in [6.07, 6.45) is 3.26. The van der Waals surface area contributed by atoms with Gasteiger partial charge in [0, 0.05) is 48.5 Å². The molecule has 1 fully saturated rings. The van der Waals surface area contributed by atoms with Crippen molar-refractivity contribution in [2.24, 2.45) is 0 Å². The quantitative estimate of drug-likeness (QED) is 0.374. The molecular weight excluding hydrogens is 490 g/mol. The van der Waals surface area contributed by atoms with E-state index in [4.69, 9.17) is 4.74 Å². The molecule has 198 valence electrons. The minimum absolute atomic E-state index is 0.0713. The smallest absolute Gasteiger partial charge is 0.318 e. The van der Waals surface area contributed by atoms with Crippen LogP contribution in [-0.2, 0) is 0 Å². The first-order valence-electron chi connectivity index (χ1n) is 12.9. The molecule has 0 saturated carbocycles. The number of piperazine rings is 1. The van der Waals surface area contributed by atoms with Crippen molar-refractivity contribution in [1.29, 1.82) is 0 Å². The van der Waals surface area contributed by atoms with Gasteiger partial charge in [-0.1, -0.05) is 11.8 Å². The van der Waals surface area contributed by atoms with Gasteiger partial charge in [0.25, 0.3) is 0 Å². The van der Waals surface area contributed by atoms with Crippen LogP contribution in [0.25, 0.3) is 10.9 Å². The first-order chi connectivity index (χ1) is 18.9. The maximum absolute atomic E-state index is 12.4. The number of rotatable bonds is 5. The highest BCUT2D eigenvalue weighted by molar-refractivity contribution is 5.91. The van der Waals surface area contributed by atoms with E-state index < -0.39 is 0 Å². The third kappa shape index (κ3) is 6.61. The second kappa shape index (κ2) is 11.8. The second-order valence-corrected chi connectivity index (χ2v) is 9.55. The van der Waals surface area contributed by atoms with Crippen LogP contribution in [0.4, 0.5) is 16.3 Å². The average Bonchev–Trinajstić information content (AvgIpc) is 2.94. The zero-order chi connectivity index (χ0) is 27.2. The number of anilines is 2. The van der Waals surface area contributed by atoms with Crippen LogP contribution < -0.4 is 15.4 Å². The van der Waals surface area contributed by atoms with E-state index in [0.717, 1.165) is 65.3 Å². The number of amides is 2. The molecule has 0 bridgehead atoms. The first kappa shape index (κ1) is 25.9. The van der Waals surface area contributed by atoms with Crippen molar-refractivity contribution in [1.82, 2.24) is 30.1 Å². The molecule has 1 saturated heterocycles. The molecule has 0 aliphatic carbocycles. The molecule has 9 nitrogen and oxygen atoms in total. The van der Waals surface area contributed by atoms with E-state index in [1.54, 1.807) is 12.5 Å². The van der Waals surface area contributed by atoms with Crippen molar-refractivity contribution in [2.75, 3.05) is 45.1 Å². The number of hydrogen-bond acceptors (Lipinski definition) is 7. The third-order valence-electron chi connectivity index (χ3n) is 6.54. The topological polar surface area (TPSA) is 95.5 Å². The average molecular weight is 522 g/mol. The van der Waals surface area contributed by atoms with Gasteiger partial charge in [-0.15, -0.1) is 0 Å². The number of nitrogens with zero attached hydrogens (tertiary/aromatic N) is 5. The van der Waals surface area contributed by atoms with Gasteiger partial charge >= 0.3 is 6.03 Å². The maximum Gasteiger partial charge on any atom is 0.318 e. The minimum atomic E-state index is -0.0713. The van der Waals surface area contributed by atoms with E-state index in [9.17, 15) is 4.79 Å². The predicted octanol–water partition coefficient (Wildman–Crippen LogP) is 4.49. The van der Waals surface area contributed by atoms with Crippen LogP contribution in [0.5, 0.6) is 11.5 Å². The van der Waals surface area contributed by atoms with Crippen molar-refractivity contribution in [2.45, 2.75) is 13.8 Å². The fraction of sp³-hybridized carbons (Fsp3) is 0.267. The lowest BCUT2D eigenvalue weighted by Gasteiger charge is -2.32. The highest BCUT2D eigenvalue weighted by Crippen LogP contribution is 2.29. The zero-order valence-corrected chi connectivity index (χ0v) is 22.4. The number of carbonyl (C=O) groups is 1. The number of pyridine rings is 1. The van der Waals surface area contributed by atoms with Crippen LogP contribution in [-0.4, -0.2) is 70.6 Å². The minimum Gasteiger partial charge on any atom is -0.455 e.